The Hall–Kier alpha value is -2.77. The summed E-state index contributed by atoms with van der Waals surface area (Å²) in [5, 5.41) is 10.7. The second kappa shape index (κ2) is 5.25. The van der Waals surface area contributed by atoms with Gasteiger partial charge in [0, 0.05) is 0 Å². The van der Waals surface area contributed by atoms with Gasteiger partial charge in [-0.25, -0.2) is 4.79 Å². The van der Waals surface area contributed by atoms with Crippen molar-refractivity contribution >= 4 is 11.9 Å². The van der Waals surface area contributed by atoms with Gasteiger partial charge in [-0.2, -0.15) is 4.68 Å². The first-order valence-corrected chi connectivity index (χ1v) is 5.42. The minimum Gasteiger partial charge on any atom is -0.449 e. The van der Waals surface area contributed by atoms with E-state index < -0.39 is 18.0 Å². The third-order valence-electron chi connectivity index (χ3n) is 2.40. The Bertz CT molecular complexity index is 596. The predicted molar refractivity (Wildman–Crippen MR) is 63.2 cm³/mol. The minimum atomic E-state index is -1.01. The van der Waals surface area contributed by atoms with Crippen molar-refractivity contribution in [1.82, 2.24) is 20.2 Å². The fourth-order valence-electron chi connectivity index (χ4n) is 1.40. The van der Waals surface area contributed by atoms with Gasteiger partial charge >= 0.3 is 5.97 Å². The normalized spacial score (nSPS) is 11.8. The summed E-state index contributed by atoms with van der Waals surface area (Å²) in [4.78, 5) is 22.9. The monoisotopic (exact) mass is 261 g/mol. The molecule has 2 N–H and O–H groups in total. The van der Waals surface area contributed by atoms with Gasteiger partial charge in [0.05, 0.1) is 11.3 Å². The van der Waals surface area contributed by atoms with Gasteiger partial charge in [0.1, 0.15) is 6.33 Å². The van der Waals surface area contributed by atoms with E-state index >= 15 is 0 Å². The first kappa shape index (κ1) is 12.7. The number of ether oxygens (including phenoxy) is 1. The van der Waals surface area contributed by atoms with Crippen LogP contribution in [0.25, 0.3) is 5.69 Å². The van der Waals surface area contributed by atoms with Crippen LogP contribution in [0.3, 0.4) is 0 Å². The molecule has 0 fully saturated rings. The summed E-state index contributed by atoms with van der Waals surface area (Å²) < 4.78 is 6.27. The van der Waals surface area contributed by atoms with Gasteiger partial charge < -0.3 is 10.5 Å². The number of carbonyl (C=O) groups is 2. The molecule has 0 unspecified atom stereocenters. The highest BCUT2D eigenvalue weighted by molar-refractivity contribution is 5.95. The van der Waals surface area contributed by atoms with E-state index in [0.29, 0.717) is 5.69 Å². The van der Waals surface area contributed by atoms with Gasteiger partial charge in [-0.15, -0.1) is 5.10 Å². The van der Waals surface area contributed by atoms with Gasteiger partial charge in [0.15, 0.2) is 6.10 Å². The zero-order chi connectivity index (χ0) is 13.8. The smallest absolute Gasteiger partial charge is 0.341 e. The van der Waals surface area contributed by atoms with E-state index in [0.717, 1.165) is 0 Å². The molecule has 0 saturated heterocycles. The van der Waals surface area contributed by atoms with Crippen molar-refractivity contribution < 1.29 is 14.3 Å². The number of tetrazole rings is 1. The fraction of sp³-hybridized carbons (Fsp3) is 0.182. The summed E-state index contributed by atoms with van der Waals surface area (Å²) >= 11 is 0. The Morgan fingerprint density at radius 3 is 2.74 bits per heavy atom. The van der Waals surface area contributed by atoms with E-state index in [4.69, 9.17) is 10.5 Å². The lowest BCUT2D eigenvalue weighted by molar-refractivity contribution is -0.125. The SMILES string of the molecule is C[C@@H](OC(=O)c1ccccc1-n1cnnn1)C(N)=O. The van der Waals surface area contributed by atoms with Crippen LogP contribution in [-0.4, -0.2) is 38.2 Å². The molecule has 0 aliphatic heterocycles. The van der Waals surface area contributed by atoms with Crippen LogP contribution in [0.4, 0.5) is 0 Å². The van der Waals surface area contributed by atoms with Crippen LogP contribution in [0.1, 0.15) is 17.3 Å². The molecule has 1 heterocycles. The van der Waals surface area contributed by atoms with Crippen molar-refractivity contribution in [3.63, 3.8) is 0 Å². The van der Waals surface area contributed by atoms with Crippen molar-refractivity contribution in [2.75, 3.05) is 0 Å². The largest absolute Gasteiger partial charge is 0.449 e. The Labute approximate surface area is 108 Å². The average Bonchev–Trinajstić information content (AvgIpc) is 2.92. The lowest BCUT2D eigenvalue weighted by Gasteiger charge is -2.11. The van der Waals surface area contributed by atoms with Gasteiger partial charge in [0.25, 0.3) is 5.91 Å². The van der Waals surface area contributed by atoms with Crippen LogP contribution in [0, 0.1) is 0 Å². The van der Waals surface area contributed by atoms with Crippen LogP contribution in [-0.2, 0) is 9.53 Å². The quantitative estimate of drug-likeness (QED) is 0.755. The topological polar surface area (TPSA) is 113 Å². The van der Waals surface area contributed by atoms with E-state index in [-0.39, 0.29) is 5.56 Å². The summed E-state index contributed by atoms with van der Waals surface area (Å²) in [6.07, 6.45) is 0.346. The van der Waals surface area contributed by atoms with Gasteiger partial charge in [-0.05, 0) is 29.5 Å². The van der Waals surface area contributed by atoms with Crippen molar-refractivity contribution in [3.05, 3.63) is 36.2 Å². The number of hydrogen-bond acceptors (Lipinski definition) is 6. The molecule has 1 amide bonds. The van der Waals surface area contributed by atoms with E-state index in [1.165, 1.54) is 17.9 Å². The first-order chi connectivity index (χ1) is 9.09. The van der Waals surface area contributed by atoms with Gasteiger partial charge in [-0.3, -0.25) is 4.79 Å². The number of amides is 1. The van der Waals surface area contributed by atoms with Crippen LogP contribution in [0.5, 0.6) is 0 Å². The Morgan fingerprint density at radius 1 is 1.37 bits per heavy atom. The Balaban J connectivity index is 2.30. The molecule has 0 aliphatic rings. The number of aromatic nitrogens is 4. The average molecular weight is 261 g/mol. The minimum absolute atomic E-state index is 0.239. The lowest BCUT2D eigenvalue weighted by atomic mass is 10.2. The maximum atomic E-state index is 12.0. The van der Waals surface area contributed by atoms with E-state index in [2.05, 4.69) is 15.5 Å². The molecular formula is C11H11N5O3. The predicted octanol–water partition coefficient (Wildman–Crippen LogP) is -0.307. The maximum absolute atomic E-state index is 12.0. The van der Waals surface area contributed by atoms with Gasteiger partial charge in [-0.1, -0.05) is 12.1 Å². The number of nitrogens with two attached hydrogens (primary N) is 1. The Kier molecular flexibility index (Phi) is 3.51. The molecule has 0 aliphatic carbocycles. The Morgan fingerprint density at radius 2 is 2.11 bits per heavy atom. The third-order valence-corrected chi connectivity index (χ3v) is 2.40. The van der Waals surface area contributed by atoms with E-state index in [1.54, 1.807) is 24.3 Å². The molecule has 1 aromatic carbocycles. The summed E-state index contributed by atoms with van der Waals surface area (Å²) in [6.45, 7) is 1.40. The zero-order valence-electron chi connectivity index (χ0n) is 10.1. The number of carbonyl (C=O) groups excluding carboxylic acids is 2. The second-order valence-electron chi connectivity index (χ2n) is 3.72. The molecule has 0 spiro atoms. The highest BCUT2D eigenvalue weighted by Crippen LogP contribution is 2.14. The van der Waals surface area contributed by atoms with Crippen molar-refractivity contribution in [1.29, 1.82) is 0 Å². The molecule has 8 heteroatoms. The summed E-state index contributed by atoms with van der Waals surface area (Å²) in [7, 11) is 0. The molecule has 8 nitrogen and oxygen atoms in total. The third kappa shape index (κ3) is 2.73. The number of nitrogens with zero attached hydrogens (tertiary/aromatic N) is 4. The van der Waals surface area contributed by atoms with E-state index in [1.807, 2.05) is 0 Å². The lowest BCUT2D eigenvalue weighted by Crippen LogP contribution is -2.30. The van der Waals surface area contributed by atoms with Crippen molar-refractivity contribution in [3.8, 4) is 5.69 Å². The van der Waals surface area contributed by atoms with E-state index in [9.17, 15) is 9.59 Å². The molecule has 19 heavy (non-hydrogen) atoms. The maximum Gasteiger partial charge on any atom is 0.341 e. The number of para-hydroxylation sites is 1. The highest BCUT2D eigenvalue weighted by Gasteiger charge is 2.19. The second-order valence-corrected chi connectivity index (χ2v) is 3.72. The summed E-state index contributed by atoms with van der Waals surface area (Å²) in [5.74, 6) is -1.38. The summed E-state index contributed by atoms with van der Waals surface area (Å²) in [6, 6.07) is 6.60. The molecule has 0 saturated carbocycles. The van der Waals surface area contributed by atoms with Crippen LogP contribution < -0.4 is 5.73 Å². The van der Waals surface area contributed by atoms with Crippen LogP contribution >= 0.6 is 0 Å². The van der Waals surface area contributed by atoms with Crippen LogP contribution in [0.2, 0.25) is 0 Å². The molecule has 2 aromatic rings. The highest BCUT2D eigenvalue weighted by atomic mass is 16.5. The van der Waals surface area contributed by atoms with Crippen molar-refractivity contribution in [2.45, 2.75) is 13.0 Å². The molecule has 0 radical (unpaired) electrons. The van der Waals surface area contributed by atoms with Crippen LogP contribution in [0.15, 0.2) is 30.6 Å². The zero-order valence-corrected chi connectivity index (χ0v) is 10.1. The van der Waals surface area contributed by atoms with Gasteiger partial charge in [0.2, 0.25) is 0 Å². The molecular weight excluding hydrogens is 250 g/mol. The molecule has 1 aromatic heterocycles. The molecule has 2 rings (SSSR count). The van der Waals surface area contributed by atoms with Crippen molar-refractivity contribution in [2.24, 2.45) is 5.73 Å². The number of hydrogen-bond donors (Lipinski definition) is 1. The number of esters is 1. The fourth-order valence-corrected chi connectivity index (χ4v) is 1.40. The number of primary amides is 1. The molecule has 0 bridgehead atoms. The standard InChI is InChI=1S/C11H11N5O3/c1-7(10(12)17)19-11(18)8-4-2-3-5-9(8)16-6-13-14-15-16/h2-7H,1H3,(H2,12,17)/t7-/m1/s1. The molecule has 98 valence electrons. The molecule has 1 atom stereocenters. The summed E-state index contributed by atoms with van der Waals surface area (Å²) in [5.41, 5.74) is 5.73. The first-order valence-electron chi connectivity index (χ1n) is 5.42. The number of rotatable bonds is 4. The number of benzene rings is 1.